The molecule has 1 N–H and O–H groups in total. The number of hydrogen-bond donors (Lipinski definition) is 1. The third-order valence-corrected chi connectivity index (χ3v) is 4.28. The minimum Gasteiger partial charge on any atom is -0.334 e. The molecule has 4 heteroatoms. The first-order valence-electron chi connectivity index (χ1n) is 7.45. The van der Waals surface area contributed by atoms with Crippen molar-refractivity contribution in [2.45, 2.75) is 18.9 Å². The number of benzene rings is 1. The molecule has 1 aliphatic heterocycles. The molecule has 1 saturated heterocycles. The number of fused-ring (bicyclic) bond motifs is 1. The SMILES string of the molecule is c1cnc2c(CCn3cncc3C3CNC3)cccc2c1. The summed E-state index contributed by atoms with van der Waals surface area (Å²) < 4.78 is 2.28. The van der Waals surface area contributed by atoms with Crippen molar-refractivity contribution < 1.29 is 0 Å². The molecule has 3 heterocycles. The molecule has 0 spiro atoms. The Morgan fingerprint density at radius 2 is 2.10 bits per heavy atom. The van der Waals surface area contributed by atoms with Gasteiger partial charge in [0.05, 0.1) is 11.8 Å². The van der Waals surface area contributed by atoms with Crippen molar-refractivity contribution in [1.29, 1.82) is 0 Å². The van der Waals surface area contributed by atoms with Crippen molar-refractivity contribution in [2.24, 2.45) is 0 Å². The van der Waals surface area contributed by atoms with Gasteiger partial charge in [0.25, 0.3) is 0 Å². The van der Waals surface area contributed by atoms with Crippen LogP contribution in [0.4, 0.5) is 0 Å². The molecule has 106 valence electrons. The summed E-state index contributed by atoms with van der Waals surface area (Å²) in [5.74, 6) is 0.623. The molecule has 0 atom stereocenters. The lowest BCUT2D eigenvalue weighted by atomic mass is 9.99. The van der Waals surface area contributed by atoms with Gasteiger partial charge < -0.3 is 9.88 Å². The van der Waals surface area contributed by atoms with Crippen molar-refractivity contribution in [3.63, 3.8) is 0 Å². The fraction of sp³-hybridized carbons (Fsp3) is 0.294. The molecular formula is C17H18N4. The fourth-order valence-corrected chi connectivity index (χ4v) is 2.97. The normalized spacial score (nSPS) is 15.2. The van der Waals surface area contributed by atoms with Gasteiger partial charge in [-0.3, -0.25) is 4.98 Å². The molecule has 0 saturated carbocycles. The van der Waals surface area contributed by atoms with Crippen LogP contribution >= 0.6 is 0 Å². The fourth-order valence-electron chi connectivity index (χ4n) is 2.97. The van der Waals surface area contributed by atoms with Gasteiger partial charge in [-0.05, 0) is 18.1 Å². The zero-order valence-corrected chi connectivity index (χ0v) is 11.9. The third-order valence-electron chi connectivity index (χ3n) is 4.28. The van der Waals surface area contributed by atoms with Crippen molar-refractivity contribution >= 4 is 10.9 Å². The van der Waals surface area contributed by atoms with E-state index in [1.165, 1.54) is 16.6 Å². The van der Waals surface area contributed by atoms with Crippen LogP contribution in [0.3, 0.4) is 0 Å². The van der Waals surface area contributed by atoms with E-state index in [-0.39, 0.29) is 0 Å². The Labute approximate surface area is 123 Å². The van der Waals surface area contributed by atoms with E-state index in [2.05, 4.69) is 44.1 Å². The van der Waals surface area contributed by atoms with Gasteiger partial charge >= 0.3 is 0 Å². The topological polar surface area (TPSA) is 42.7 Å². The van der Waals surface area contributed by atoms with E-state index >= 15 is 0 Å². The average molecular weight is 278 g/mol. The summed E-state index contributed by atoms with van der Waals surface area (Å²) in [4.78, 5) is 8.85. The molecule has 21 heavy (non-hydrogen) atoms. The highest BCUT2D eigenvalue weighted by Crippen LogP contribution is 2.21. The lowest BCUT2D eigenvalue weighted by Gasteiger charge is -2.27. The van der Waals surface area contributed by atoms with Crippen LogP contribution in [-0.2, 0) is 13.0 Å². The molecule has 0 bridgehead atoms. The Kier molecular flexibility index (Phi) is 3.16. The molecule has 1 aromatic carbocycles. The van der Waals surface area contributed by atoms with Crippen LogP contribution in [0.15, 0.2) is 49.1 Å². The smallest absolute Gasteiger partial charge is 0.0948 e. The second-order valence-electron chi connectivity index (χ2n) is 5.61. The molecule has 0 radical (unpaired) electrons. The predicted octanol–water partition coefficient (Wildman–Crippen LogP) is 2.36. The van der Waals surface area contributed by atoms with Crippen LogP contribution < -0.4 is 5.32 Å². The van der Waals surface area contributed by atoms with Crippen LogP contribution in [0, 0.1) is 0 Å². The number of nitrogens with zero attached hydrogens (tertiary/aromatic N) is 3. The molecule has 4 rings (SSSR count). The van der Waals surface area contributed by atoms with E-state index in [0.717, 1.165) is 31.6 Å². The molecule has 1 fully saturated rings. The van der Waals surface area contributed by atoms with Crippen molar-refractivity contribution in [1.82, 2.24) is 19.9 Å². The summed E-state index contributed by atoms with van der Waals surface area (Å²) in [5.41, 5.74) is 3.77. The van der Waals surface area contributed by atoms with Crippen LogP contribution in [-0.4, -0.2) is 27.6 Å². The Morgan fingerprint density at radius 3 is 2.95 bits per heavy atom. The van der Waals surface area contributed by atoms with E-state index < -0.39 is 0 Å². The molecule has 0 amide bonds. The Hall–Kier alpha value is -2.20. The maximum absolute atomic E-state index is 4.53. The van der Waals surface area contributed by atoms with E-state index in [0.29, 0.717) is 5.92 Å². The van der Waals surface area contributed by atoms with E-state index in [1.807, 2.05) is 24.8 Å². The van der Waals surface area contributed by atoms with E-state index in [9.17, 15) is 0 Å². The van der Waals surface area contributed by atoms with E-state index in [1.54, 1.807) is 0 Å². The monoisotopic (exact) mass is 278 g/mol. The first kappa shape index (κ1) is 12.5. The van der Waals surface area contributed by atoms with Crippen molar-refractivity contribution in [3.05, 3.63) is 60.3 Å². The van der Waals surface area contributed by atoms with Gasteiger partial charge in [-0.2, -0.15) is 0 Å². The zero-order chi connectivity index (χ0) is 14.1. The molecule has 0 aliphatic carbocycles. The van der Waals surface area contributed by atoms with Gasteiger partial charge in [0.15, 0.2) is 0 Å². The number of nitrogens with one attached hydrogen (secondary N) is 1. The summed E-state index contributed by atoms with van der Waals surface area (Å²) >= 11 is 0. The van der Waals surface area contributed by atoms with Crippen molar-refractivity contribution in [2.75, 3.05) is 13.1 Å². The van der Waals surface area contributed by atoms with Gasteiger partial charge in [-0.15, -0.1) is 0 Å². The number of para-hydroxylation sites is 1. The number of aryl methyl sites for hydroxylation is 2. The number of pyridine rings is 1. The first-order valence-corrected chi connectivity index (χ1v) is 7.45. The van der Waals surface area contributed by atoms with Gasteiger partial charge in [-0.1, -0.05) is 24.3 Å². The Morgan fingerprint density at radius 1 is 1.19 bits per heavy atom. The lowest BCUT2D eigenvalue weighted by Crippen LogP contribution is -2.40. The minimum atomic E-state index is 0.623. The third kappa shape index (κ3) is 2.32. The predicted molar refractivity (Wildman–Crippen MR) is 83.3 cm³/mol. The van der Waals surface area contributed by atoms with Crippen LogP contribution in [0.1, 0.15) is 17.2 Å². The van der Waals surface area contributed by atoms with Crippen LogP contribution in [0.2, 0.25) is 0 Å². The maximum atomic E-state index is 4.53. The lowest BCUT2D eigenvalue weighted by molar-refractivity contribution is 0.423. The van der Waals surface area contributed by atoms with Crippen LogP contribution in [0.25, 0.3) is 10.9 Å². The molecule has 1 aliphatic rings. The highest BCUT2D eigenvalue weighted by atomic mass is 15.1. The highest BCUT2D eigenvalue weighted by Gasteiger charge is 2.22. The quantitative estimate of drug-likeness (QED) is 0.796. The summed E-state index contributed by atoms with van der Waals surface area (Å²) in [5, 5.41) is 4.54. The van der Waals surface area contributed by atoms with E-state index in [4.69, 9.17) is 0 Å². The standard InChI is InChI=1S/C17H18N4/c1-3-13-5-2-7-20-17(13)14(4-1)6-8-21-12-19-11-16(21)15-9-18-10-15/h1-5,7,11-12,15,18H,6,8-10H2. The number of hydrogen-bond acceptors (Lipinski definition) is 3. The Balaban J connectivity index is 1.57. The van der Waals surface area contributed by atoms with Crippen LogP contribution in [0.5, 0.6) is 0 Å². The average Bonchev–Trinajstić information content (AvgIpc) is 2.91. The summed E-state index contributed by atoms with van der Waals surface area (Å²) in [7, 11) is 0. The van der Waals surface area contributed by atoms with Crippen molar-refractivity contribution in [3.8, 4) is 0 Å². The molecule has 3 aromatic rings. The molecule has 4 nitrogen and oxygen atoms in total. The second kappa shape index (κ2) is 5.30. The van der Waals surface area contributed by atoms with Gasteiger partial charge in [0.1, 0.15) is 0 Å². The first-order chi connectivity index (χ1) is 10.4. The summed E-state index contributed by atoms with van der Waals surface area (Å²) in [6.45, 7) is 3.10. The number of imidazole rings is 1. The summed E-state index contributed by atoms with van der Waals surface area (Å²) in [6, 6.07) is 10.5. The molecular weight excluding hydrogens is 260 g/mol. The largest absolute Gasteiger partial charge is 0.334 e. The second-order valence-corrected chi connectivity index (χ2v) is 5.61. The Bertz CT molecular complexity index is 753. The molecule has 0 unspecified atom stereocenters. The molecule has 2 aromatic heterocycles. The minimum absolute atomic E-state index is 0.623. The number of aromatic nitrogens is 3. The van der Waals surface area contributed by atoms with Gasteiger partial charge in [-0.25, -0.2) is 4.98 Å². The zero-order valence-electron chi connectivity index (χ0n) is 11.9. The maximum Gasteiger partial charge on any atom is 0.0948 e. The highest BCUT2D eigenvalue weighted by molar-refractivity contribution is 5.81. The summed E-state index contributed by atoms with van der Waals surface area (Å²) in [6.07, 6.45) is 6.81. The van der Waals surface area contributed by atoms with Gasteiger partial charge in [0, 0.05) is 49.0 Å². The number of rotatable bonds is 4. The van der Waals surface area contributed by atoms with Gasteiger partial charge in [0.2, 0.25) is 0 Å².